The molecule has 0 N–H and O–H groups in total. The van der Waals surface area contributed by atoms with Crippen LogP contribution in [0.1, 0.15) is 47.2 Å². The highest BCUT2D eigenvalue weighted by Crippen LogP contribution is 2.63. The van der Waals surface area contributed by atoms with E-state index >= 15 is 0 Å². The van der Waals surface area contributed by atoms with E-state index in [2.05, 4.69) is 195 Å². The third-order valence-corrected chi connectivity index (χ3v) is 13.0. The van der Waals surface area contributed by atoms with E-state index in [0.717, 1.165) is 11.4 Å². The molecule has 0 atom stereocenters. The largest absolute Gasteiger partial charge is 0.310 e. The van der Waals surface area contributed by atoms with Gasteiger partial charge in [-0.05, 0) is 121 Å². The third kappa shape index (κ3) is 3.96. The lowest BCUT2D eigenvalue weighted by atomic mass is 9.67. The van der Waals surface area contributed by atoms with E-state index in [1.54, 1.807) is 0 Å². The normalized spacial score (nSPS) is 15.0. The van der Waals surface area contributed by atoms with Crippen LogP contribution in [0.15, 0.2) is 186 Å². The molecule has 52 heavy (non-hydrogen) atoms. The van der Waals surface area contributed by atoms with Crippen molar-refractivity contribution < 1.29 is 0 Å². The van der Waals surface area contributed by atoms with Crippen LogP contribution in [0.4, 0.5) is 17.1 Å². The molecule has 8 aromatic carbocycles. The Labute approximate surface area is 309 Å². The fraction of sp³-hybridized carbons (Fsp3) is 0.0800. The van der Waals surface area contributed by atoms with Crippen LogP contribution in [0.25, 0.3) is 33.0 Å². The minimum atomic E-state index is -0.465. The molecule has 11 rings (SSSR count). The predicted molar refractivity (Wildman–Crippen MR) is 218 cm³/mol. The van der Waals surface area contributed by atoms with Crippen molar-refractivity contribution in [2.24, 2.45) is 0 Å². The lowest BCUT2D eigenvalue weighted by Crippen LogP contribution is -2.32. The molecule has 1 nitrogen and oxygen atoms in total. The Bertz CT molecular complexity index is 2710. The standard InChI is InChI=1S/C50H35NS/c1-49(2)41-21-11-8-18-37(41)40-26-24-35(30-44(40)49)51(34-16-4-3-5-17-34)36-25-27-47-46(31-36)50(45-28-32-14-6-7-15-33(32)29-48(45)52-47)42-22-12-9-19-38(42)39-20-10-13-23-43(39)50/h3-31H,1-2H3. The lowest BCUT2D eigenvalue weighted by molar-refractivity contribution is 0.660. The molecule has 2 heteroatoms. The van der Waals surface area contributed by atoms with E-state index in [9.17, 15) is 0 Å². The molecule has 1 spiro atoms. The zero-order valence-electron chi connectivity index (χ0n) is 29.1. The minimum Gasteiger partial charge on any atom is -0.310 e. The maximum absolute atomic E-state index is 2.50. The first-order chi connectivity index (χ1) is 25.5. The number of anilines is 3. The van der Waals surface area contributed by atoms with E-state index in [4.69, 9.17) is 0 Å². The molecule has 0 fully saturated rings. The molecular weight excluding hydrogens is 647 g/mol. The van der Waals surface area contributed by atoms with Crippen LogP contribution in [0.5, 0.6) is 0 Å². The highest BCUT2D eigenvalue weighted by Gasteiger charge is 2.50. The van der Waals surface area contributed by atoms with Crippen LogP contribution in [-0.2, 0) is 10.8 Å². The number of hydrogen-bond acceptors (Lipinski definition) is 2. The summed E-state index contributed by atoms with van der Waals surface area (Å²) in [7, 11) is 0. The summed E-state index contributed by atoms with van der Waals surface area (Å²) in [5.74, 6) is 0. The van der Waals surface area contributed by atoms with Crippen molar-refractivity contribution in [1.82, 2.24) is 0 Å². The second-order valence-corrected chi connectivity index (χ2v) is 16.0. The van der Waals surface area contributed by atoms with Gasteiger partial charge in [0.2, 0.25) is 0 Å². The van der Waals surface area contributed by atoms with Crippen molar-refractivity contribution in [3.05, 3.63) is 209 Å². The molecule has 1 heterocycles. The summed E-state index contributed by atoms with van der Waals surface area (Å²) in [5, 5.41) is 2.55. The SMILES string of the molecule is CC1(C)c2ccccc2-c2ccc(N(c3ccccc3)c3ccc4c(c3)C3(c5cc6ccccc6cc5S4)c4ccccc4-c4ccccc43)cc21. The van der Waals surface area contributed by atoms with Crippen molar-refractivity contribution >= 4 is 39.6 Å². The van der Waals surface area contributed by atoms with Crippen LogP contribution < -0.4 is 4.90 Å². The Balaban J connectivity index is 1.18. The van der Waals surface area contributed by atoms with Crippen molar-refractivity contribution in [2.75, 3.05) is 4.90 Å². The number of rotatable bonds is 3. The first-order valence-corrected chi connectivity index (χ1v) is 19.0. The Morgan fingerprint density at radius 2 is 0.865 bits per heavy atom. The van der Waals surface area contributed by atoms with Crippen LogP contribution in [0.3, 0.4) is 0 Å². The Hall–Kier alpha value is -5.83. The van der Waals surface area contributed by atoms with E-state index < -0.39 is 5.41 Å². The monoisotopic (exact) mass is 681 g/mol. The number of fused-ring (bicyclic) bond motifs is 13. The maximum atomic E-state index is 2.50. The summed E-state index contributed by atoms with van der Waals surface area (Å²) < 4.78 is 0. The van der Waals surface area contributed by atoms with Gasteiger partial charge in [-0.25, -0.2) is 0 Å². The molecule has 0 saturated carbocycles. The summed E-state index contributed by atoms with van der Waals surface area (Å²) in [5.41, 5.74) is 16.4. The van der Waals surface area contributed by atoms with Crippen LogP contribution in [0.2, 0.25) is 0 Å². The minimum absolute atomic E-state index is 0.0927. The molecule has 0 unspecified atom stereocenters. The van der Waals surface area contributed by atoms with E-state index in [1.807, 2.05) is 11.8 Å². The van der Waals surface area contributed by atoms with Gasteiger partial charge < -0.3 is 4.90 Å². The van der Waals surface area contributed by atoms with Gasteiger partial charge in [0.25, 0.3) is 0 Å². The summed E-state index contributed by atoms with van der Waals surface area (Å²) in [6.45, 7) is 4.73. The average Bonchev–Trinajstić information content (AvgIpc) is 3.61. The maximum Gasteiger partial charge on any atom is 0.0736 e. The molecule has 2 aliphatic carbocycles. The fourth-order valence-electron chi connectivity index (χ4n) is 9.57. The fourth-order valence-corrected chi connectivity index (χ4v) is 10.8. The van der Waals surface area contributed by atoms with Crippen molar-refractivity contribution in [2.45, 2.75) is 34.5 Å². The van der Waals surface area contributed by atoms with Crippen molar-refractivity contribution in [1.29, 1.82) is 0 Å². The Morgan fingerprint density at radius 3 is 1.56 bits per heavy atom. The van der Waals surface area contributed by atoms with Gasteiger partial charge in [0.15, 0.2) is 0 Å². The number of para-hydroxylation sites is 1. The highest BCUT2D eigenvalue weighted by molar-refractivity contribution is 7.99. The Kier molecular flexibility index (Phi) is 6.22. The smallest absolute Gasteiger partial charge is 0.0736 e. The summed E-state index contributed by atoms with van der Waals surface area (Å²) >= 11 is 1.91. The van der Waals surface area contributed by atoms with Gasteiger partial charge in [-0.1, -0.05) is 147 Å². The van der Waals surface area contributed by atoms with Gasteiger partial charge in [0, 0.05) is 32.3 Å². The predicted octanol–water partition coefficient (Wildman–Crippen LogP) is 13.4. The number of benzene rings is 8. The van der Waals surface area contributed by atoms with Crippen LogP contribution in [-0.4, -0.2) is 0 Å². The van der Waals surface area contributed by atoms with E-state index in [-0.39, 0.29) is 5.41 Å². The van der Waals surface area contributed by atoms with E-state index in [1.165, 1.54) is 81.9 Å². The van der Waals surface area contributed by atoms with Gasteiger partial charge in [0.05, 0.1) is 5.41 Å². The summed E-state index contributed by atoms with van der Waals surface area (Å²) in [4.78, 5) is 5.09. The summed E-state index contributed by atoms with van der Waals surface area (Å²) in [6, 6.07) is 66.0. The topological polar surface area (TPSA) is 3.24 Å². The van der Waals surface area contributed by atoms with E-state index in [0.29, 0.717) is 0 Å². The molecule has 0 bridgehead atoms. The van der Waals surface area contributed by atoms with Crippen molar-refractivity contribution in [3.8, 4) is 22.3 Å². The van der Waals surface area contributed by atoms with Gasteiger partial charge in [-0.3, -0.25) is 0 Å². The molecule has 0 amide bonds. The molecule has 0 radical (unpaired) electrons. The second-order valence-electron chi connectivity index (χ2n) is 14.9. The summed E-state index contributed by atoms with van der Waals surface area (Å²) in [6.07, 6.45) is 0. The molecule has 8 aromatic rings. The lowest BCUT2D eigenvalue weighted by Gasteiger charge is -2.40. The quantitative estimate of drug-likeness (QED) is 0.183. The second kappa shape index (κ2) is 10.8. The molecule has 246 valence electrons. The molecule has 3 aliphatic rings. The van der Waals surface area contributed by atoms with Gasteiger partial charge in [-0.15, -0.1) is 0 Å². The van der Waals surface area contributed by atoms with Crippen LogP contribution in [0, 0.1) is 0 Å². The molecular formula is C50H35NS. The average molecular weight is 682 g/mol. The Morgan fingerprint density at radius 1 is 0.365 bits per heavy atom. The highest BCUT2D eigenvalue weighted by atomic mass is 32.2. The number of nitrogens with zero attached hydrogens (tertiary/aromatic N) is 1. The molecule has 0 saturated heterocycles. The zero-order valence-corrected chi connectivity index (χ0v) is 29.9. The van der Waals surface area contributed by atoms with Crippen molar-refractivity contribution in [3.63, 3.8) is 0 Å². The van der Waals surface area contributed by atoms with Crippen LogP contribution >= 0.6 is 11.8 Å². The van der Waals surface area contributed by atoms with Gasteiger partial charge >= 0.3 is 0 Å². The molecule has 1 aliphatic heterocycles. The number of hydrogen-bond donors (Lipinski definition) is 0. The molecule has 0 aromatic heterocycles. The zero-order chi connectivity index (χ0) is 34.6. The van der Waals surface area contributed by atoms with Gasteiger partial charge in [-0.2, -0.15) is 0 Å². The third-order valence-electron chi connectivity index (χ3n) is 11.9. The first-order valence-electron chi connectivity index (χ1n) is 18.2. The first kappa shape index (κ1) is 29.9. The van der Waals surface area contributed by atoms with Gasteiger partial charge in [0.1, 0.15) is 0 Å².